The molecule has 1 N–H and O–H groups in total. The Labute approximate surface area is 194 Å². The van der Waals surface area contributed by atoms with Crippen LogP contribution in [0.5, 0.6) is 6.01 Å². The monoisotopic (exact) mass is 443 g/mol. The lowest BCUT2D eigenvalue weighted by Crippen LogP contribution is -2.51. The Morgan fingerprint density at radius 1 is 1.03 bits per heavy atom. The van der Waals surface area contributed by atoms with Crippen molar-refractivity contribution in [1.29, 1.82) is 0 Å². The topological polar surface area (TPSA) is 70.6 Å². The average molecular weight is 444 g/mol. The first kappa shape index (κ1) is 21.4. The maximum atomic E-state index is 12.9. The molecule has 5 rings (SSSR count). The second-order valence-corrected chi connectivity index (χ2v) is 8.51. The predicted octanol–water partition coefficient (Wildman–Crippen LogP) is 3.08. The minimum Gasteiger partial charge on any atom is -0.467 e. The highest BCUT2D eigenvalue weighted by Gasteiger charge is 2.25. The molecular formula is C26H29N5O2. The van der Waals surface area contributed by atoms with Crippen LogP contribution in [0.15, 0.2) is 60.9 Å². The van der Waals surface area contributed by atoms with Crippen LogP contribution in [0.2, 0.25) is 0 Å². The van der Waals surface area contributed by atoms with Gasteiger partial charge in [-0.15, -0.1) is 0 Å². The summed E-state index contributed by atoms with van der Waals surface area (Å²) in [5.74, 6) is 0.177. The Bertz CT molecular complexity index is 1110. The third-order valence-electron chi connectivity index (χ3n) is 6.63. The smallest absolute Gasteiger partial charge is 0.316 e. The van der Waals surface area contributed by atoms with Crippen molar-refractivity contribution in [3.8, 4) is 17.1 Å². The number of rotatable bonds is 6. The number of carbonyl (C=O) groups excluding carboxylic acids is 1. The number of aryl methyl sites for hydroxylation is 1. The largest absolute Gasteiger partial charge is 0.467 e. The minimum atomic E-state index is 0.177. The molecule has 1 aliphatic heterocycles. The van der Waals surface area contributed by atoms with Crippen LogP contribution in [0.3, 0.4) is 0 Å². The maximum absolute atomic E-state index is 12.9. The van der Waals surface area contributed by atoms with Gasteiger partial charge in [0.05, 0.1) is 13.7 Å². The zero-order valence-corrected chi connectivity index (χ0v) is 18.9. The molecule has 1 saturated heterocycles. The molecule has 0 bridgehead atoms. The molecule has 170 valence electrons. The lowest BCUT2D eigenvalue weighted by Gasteiger charge is -2.37. The lowest BCUT2D eigenvalue weighted by molar-refractivity contribution is -0.130. The van der Waals surface area contributed by atoms with Crippen LogP contribution in [0.25, 0.3) is 11.1 Å². The first-order valence-electron chi connectivity index (χ1n) is 11.5. The Morgan fingerprint density at radius 3 is 2.55 bits per heavy atom. The predicted molar refractivity (Wildman–Crippen MR) is 128 cm³/mol. The number of amides is 1. The highest BCUT2D eigenvalue weighted by Crippen LogP contribution is 2.32. The molecule has 1 fully saturated rings. The third-order valence-corrected chi connectivity index (χ3v) is 6.63. The molecule has 1 unspecified atom stereocenters. The molecule has 1 atom stereocenters. The van der Waals surface area contributed by atoms with Gasteiger partial charge in [0.2, 0.25) is 5.91 Å². The summed E-state index contributed by atoms with van der Waals surface area (Å²) < 4.78 is 5.08. The van der Waals surface area contributed by atoms with E-state index in [9.17, 15) is 4.79 Å². The fourth-order valence-electron chi connectivity index (χ4n) is 4.84. The fourth-order valence-corrected chi connectivity index (χ4v) is 4.84. The summed E-state index contributed by atoms with van der Waals surface area (Å²) in [7, 11) is 1.56. The molecule has 33 heavy (non-hydrogen) atoms. The number of hydrogen-bond donors (Lipinski definition) is 1. The number of aromatic nitrogens is 2. The number of nitrogens with one attached hydrogen (secondary N) is 1. The summed E-state index contributed by atoms with van der Waals surface area (Å²) in [6.45, 7) is 3.42. The Balaban J connectivity index is 1.19. The van der Waals surface area contributed by atoms with E-state index in [0.29, 0.717) is 12.6 Å². The quantitative estimate of drug-likeness (QED) is 0.631. The van der Waals surface area contributed by atoms with Crippen molar-refractivity contribution in [2.75, 3.05) is 44.7 Å². The van der Waals surface area contributed by atoms with Crippen LogP contribution in [0.1, 0.15) is 23.6 Å². The van der Waals surface area contributed by atoms with Crippen molar-refractivity contribution in [2.24, 2.45) is 0 Å². The van der Waals surface area contributed by atoms with Crippen LogP contribution in [-0.4, -0.2) is 60.6 Å². The number of methoxy groups -OCH3 is 1. The molecule has 7 heteroatoms. The van der Waals surface area contributed by atoms with Crippen molar-refractivity contribution in [2.45, 2.75) is 18.9 Å². The fraction of sp³-hybridized carbons (Fsp3) is 0.346. The molecule has 1 aliphatic carbocycles. The van der Waals surface area contributed by atoms with Crippen LogP contribution in [0, 0.1) is 0 Å². The molecular weight excluding hydrogens is 414 g/mol. The number of benzene rings is 2. The van der Waals surface area contributed by atoms with Gasteiger partial charge in [-0.25, -0.2) is 9.97 Å². The standard InChI is InChI=1S/C26H29N5O2/c1-33-26-28-16-20(17-29-26)22-8-4-5-9-24(22)30-12-14-31(15-13-30)25(32)18-27-23-11-10-19-6-2-3-7-21(19)23/h2-9,16-17,23,27H,10-15,18H2,1H3. The third kappa shape index (κ3) is 4.54. The number of piperazine rings is 1. The van der Waals surface area contributed by atoms with Gasteiger partial charge in [0, 0.05) is 61.4 Å². The summed E-state index contributed by atoms with van der Waals surface area (Å²) in [5, 5.41) is 3.49. The SMILES string of the molecule is COc1ncc(-c2ccccc2N2CCN(C(=O)CNC3CCc4ccccc43)CC2)cn1. The molecule has 7 nitrogen and oxygen atoms in total. The molecule has 2 aliphatic rings. The van der Waals surface area contributed by atoms with E-state index in [2.05, 4.69) is 56.6 Å². The van der Waals surface area contributed by atoms with Crippen molar-refractivity contribution < 1.29 is 9.53 Å². The van der Waals surface area contributed by atoms with Gasteiger partial charge < -0.3 is 19.9 Å². The van der Waals surface area contributed by atoms with E-state index in [1.165, 1.54) is 11.1 Å². The second-order valence-electron chi connectivity index (χ2n) is 8.51. The lowest BCUT2D eigenvalue weighted by atomic mass is 10.1. The molecule has 3 aromatic rings. The van der Waals surface area contributed by atoms with Crippen LogP contribution in [-0.2, 0) is 11.2 Å². The van der Waals surface area contributed by atoms with Crippen LogP contribution >= 0.6 is 0 Å². The number of para-hydroxylation sites is 1. The van der Waals surface area contributed by atoms with Crippen molar-refractivity contribution in [3.63, 3.8) is 0 Å². The minimum absolute atomic E-state index is 0.177. The van der Waals surface area contributed by atoms with Gasteiger partial charge in [-0.2, -0.15) is 0 Å². The van der Waals surface area contributed by atoms with E-state index in [-0.39, 0.29) is 11.9 Å². The van der Waals surface area contributed by atoms with E-state index in [1.54, 1.807) is 19.5 Å². The molecule has 0 spiro atoms. The maximum Gasteiger partial charge on any atom is 0.316 e. The summed E-state index contributed by atoms with van der Waals surface area (Å²) >= 11 is 0. The summed E-state index contributed by atoms with van der Waals surface area (Å²) in [6.07, 6.45) is 5.72. The van der Waals surface area contributed by atoms with Gasteiger partial charge in [-0.3, -0.25) is 4.79 Å². The van der Waals surface area contributed by atoms with E-state index < -0.39 is 0 Å². The Hall–Kier alpha value is -3.45. The van der Waals surface area contributed by atoms with Gasteiger partial charge in [-0.05, 0) is 30.0 Å². The molecule has 2 aromatic carbocycles. The summed E-state index contributed by atoms with van der Waals surface area (Å²) in [4.78, 5) is 25.7. The number of anilines is 1. The van der Waals surface area contributed by atoms with E-state index in [1.807, 2.05) is 17.0 Å². The highest BCUT2D eigenvalue weighted by molar-refractivity contribution is 5.80. The number of carbonyl (C=O) groups is 1. The van der Waals surface area contributed by atoms with Crippen molar-refractivity contribution >= 4 is 11.6 Å². The average Bonchev–Trinajstić information content (AvgIpc) is 3.30. The first-order valence-corrected chi connectivity index (χ1v) is 11.5. The highest BCUT2D eigenvalue weighted by atomic mass is 16.5. The number of fused-ring (bicyclic) bond motifs is 1. The summed E-state index contributed by atoms with van der Waals surface area (Å²) in [6, 6.07) is 17.4. The molecule has 0 radical (unpaired) electrons. The molecule has 1 aromatic heterocycles. The Kier molecular flexibility index (Phi) is 6.21. The van der Waals surface area contributed by atoms with Crippen molar-refractivity contribution in [1.82, 2.24) is 20.2 Å². The molecule has 2 heterocycles. The van der Waals surface area contributed by atoms with Crippen molar-refractivity contribution in [3.05, 3.63) is 72.1 Å². The first-order chi connectivity index (χ1) is 16.2. The van der Waals surface area contributed by atoms with Gasteiger partial charge in [-0.1, -0.05) is 42.5 Å². The van der Waals surface area contributed by atoms with Gasteiger partial charge in [0.15, 0.2) is 0 Å². The molecule has 1 amide bonds. The normalized spacial score (nSPS) is 17.7. The van der Waals surface area contributed by atoms with E-state index in [4.69, 9.17) is 4.74 Å². The molecule has 0 saturated carbocycles. The van der Waals surface area contributed by atoms with Gasteiger partial charge in [0.1, 0.15) is 0 Å². The number of nitrogens with zero attached hydrogens (tertiary/aromatic N) is 4. The zero-order chi connectivity index (χ0) is 22.6. The van der Waals surface area contributed by atoms with Crippen LogP contribution in [0.4, 0.5) is 5.69 Å². The second kappa shape index (κ2) is 9.58. The Morgan fingerprint density at radius 2 is 1.76 bits per heavy atom. The van der Waals surface area contributed by atoms with E-state index in [0.717, 1.165) is 55.8 Å². The number of ether oxygens (including phenoxy) is 1. The van der Waals surface area contributed by atoms with Gasteiger partial charge in [0.25, 0.3) is 0 Å². The summed E-state index contributed by atoms with van der Waals surface area (Å²) in [5.41, 5.74) is 5.91. The van der Waals surface area contributed by atoms with E-state index >= 15 is 0 Å². The van der Waals surface area contributed by atoms with Gasteiger partial charge >= 0.3 is 6.01 Å². The number of hydrogen-bond acceptors (Lipinski definition) is 6. The zero-order valence-electron chi connectivity index (χ0n) is 18.9. The van der Waals surface area contributed by atoms with Crippen LogP contribution < -0.4 is 15.0 Å².